The van der Waals surface area contributed by atoms with Crippen molar-refractivity contribution in [1.29, 1.82) is 0 Å². The standard InChI is InChI=1S/C19H12F3NO6S2/c20-19(21,22)11-4-2-1-3-10(11)13-6-5-9(29-13)7-14-16(26)23(18(30)31-14)12(17(27)28)8-15(24)25/h1-7,12H,8H2,(H,24,25)(H,27,28)/b14-7+/t12-/m1/s1. The predicted octanol–water partition coefficient (Wildman–Crippen LogP) is 4.09. The minimum atomic E-state index is -4.60. The number of thioether (sulfide) groups is 1. The Morgan fingerprint density at radius 3 is 2.48 bits per heavy atom. The van der Waals surface area contributed by atoms with Gasteiger partial charge in [0.1, 0.15) is 21.9 Å². The minimum Gasteiger partial charge on any atom is -0.481 e. The molecule has 0 bridgehead atoms. The summed E-state index contributed by atoms with van der Waals surface area (Å²) < 4.78 is 45.0. The van der Waals surface area contributed by atoms with Crippen LogP contribution in [0.5, 0.6) is 0 Å². The van der Waals surface area contributed by atoms with Gasteiger partial charge in [-0.05, 0) is 18.2 Å². The number of hydrogen-bond acceptors (Lipinski definition) is 6. The molecule has 0 unspecified atom stereocenters. The molecule has 0 aliphatic carbocycles. The zero-order chi connectivity index (χ0) is 22.9. The molecule has 162 valence electrons. The van der Waals surface area contributed by atoms with E-state index >= 15 is 0 Å². The van der Waals surface area contributed by atoms with Crippen LogP contribution in [0.15, 0.2) is 45.7 Å². The van der Waals surface area contributed by atoms with E-state index in [1.54, 1.807) is 0 Å². The monoisotopic (exact) mass is 471 g/mol. The van der Waals surface area contributed by atoms with E-state index in [4.69, 9.17) is 21.7 Å². The highest BCUT2D eigenvalue weighted by Gasteiger charge is 2.41. The third kappa shape index (κ3) is 4.80. The molecule has 12 heteroatoms. The Balaban J connectivity index is 1.91. The summed E-state index contributed by atoms with van der Waals surface area (Å²) in [7, 11) is 0. The summed E-state index contributed by atoms with van der Waals surface area (Å²) in [5.41, 5.74) is -1.07. The fourth-order valence-corrected chi connectivity index (χ4v) is 4.19. The van der Waals surface area contributed by atoms with E-state index in [0.29, 0.717) is 4.90 Å². The van der Waals surface area contributed by atoms with Gasteiger partial charge in [-0.2, -0.15) is 13.2 Å². The molecular weight excluding hydrogens is 459 g/mol. The number of halogens is 3. The molecular formula is C19H12F3NO6S2. The van der Waals surface area contributed by atoms with Crippen molar-refractivity contribution in [2.24, 2.45) is 0 Å². The first-order chi connectivity index (χ1) is 14.5. The molecule has 2 aromatic rings. The van der Waals surface area contributed by atoms with Crippen LogP contribution >= 0.6 is 24.0 Å². The smallest absolute Gasteiger partial charge is 0.417 e. The summed E-state index contributed by atoms with van der Waals surface area (Å²) >= 11 is 5.75. The normalized spacial score (nSPS) is 16.7. The Morgan fingerprint density at radius 1 is 1.19 bits per heavy atom. The zero-order valence-electron chi connectivity index (χ0n) is 15.3. The number of benzene rings is 1. The van der Waals surface area contributed by atoms with Crippen molar-refractivity contribution in [1.82, 2.24) is 4.90 Å². The average Bonchev–Trinajstić information content (AvgIpc) is 3.24. The summed E-state index contributed by atoms with van der Waals surface area (Å²) in [5.74, 6) is -3.84. The van der Waals surface area contributed by atoms with Crippen LogP contribution in [0, 0.1) is 0 Å². The van der Waals surface area contributed by atoms with Crippen molar-refractivity contribution in [3.05, 3.63) is 52.6 Å². The molecule has 0 spiro atoms. The van der Waals surface area contributed by atoms with Gasteiger partial charge < -0.3 is 14.6 Å². The molecule has 1 atom stereocenters. The number of thiocarbonyl (C=S) groups is 1. The third-order valence-corrected chi connectivity index (χ3v) is 5.52. The lowest BCUT2D eigenvalue weighted by Gasteiger charge is -2.21. The van der Waals surface area contributed by atoms with E-state index < -0.39 is 42.0 Å². The molecule has 1 fully saturated rings. The molecule has 31 heavy (non-hydrogen) atoms. The maximum Gasteiger partial charge on any atom is 0.417 e. The summed E-state index contributed by atoms with van der Waals surface area (Å²) in [6.45, 7) is 0. The summed E-state index contributed by atoms with van der Waals surface area (Å²) in [4.78, 5) is 35.6. The lowest BCUT2D eigenvalue weighted by molar-refractivity contribution is -0.150. The van der Waals surface area contributed by atoms with Gasteiger partial charge in [-0.15, -0.1) is 0 Å². The number of carboxylic acids is 2. The number of amides is 1. The fourth-order valence-electron chi connectivity index (χ4n) is 2.85. The number of carbonyl (C=O) groups excluding carboxylic acids is 1. The van der Waals surface area contributed by atoms with Crippen molar-refractivity contribution in [3.8, 4) is 11.3 Å². The topological polar surface area (TPSA) is 108 Å². The number of rotatable bonds is 6. The molecule has 1 saturated heterocycles. The maximum atomic E-state index is 13.2. The van der Waals surface area contributed by atoms with Crippen LogP contribution in [0.25, 0.3) is 17.4 Å². The largest absolute Gasteiger partial charge is 0.481 e. The molecule has 1 aromatic carbocycles. The van der Waals surface area contributed by atoms with Crippen molar-refractivity contribution in [2.75, 3.05) is 0 Å². The number of alkyl halides is 3. The van der Waals surface area contributed by atoms with Gasteiger partial charge in [-0.1, -0.05) is 42.2 Å². The number of hydrogen-bond donors (Lipinski definition) is 2. The van der Waals surface area contributed by atoms with Crippen LogP contribution in [-0.4, -0.2) is 43.3 Å². The van der Waals surface area contributed by atoms with E-state index in [2.05, 4.69) is 0 Å². The lowest BCUT2D eigenvalue weighted by Crippen LogP contribution is -2.45. The number of furan rings is 1. The number of nitrogens with zero attached hydrogens (tertiary/aromatic N) is 1. The lowest BCUT2D eigenvalue weighted by atomic mass is 10.1. The Kier molecular flexibility index (Phi) is 6.23. The molecule has 1 aliphatic rings. The second kappa shape index (κ2) is 8.55. The first-order valence-electron chi connectivity index (χ1n) is 8.47. The van der Waals surface area contributed by atoms with Crippen LogP contribution in [-0.2, 0) is 20.6 Å². The zero-order valence-corrected chi connectivity index (χ0v) is 16.9. The number of aliphatic carboxylic acids is 2. The molecule has 1 aromatic heterocycles. The predicted molar refractivity (Wildman–Crippen MR) is 108 cm³/mol. The molecule has 2 heterocycles. The first-order valence-corrected chi connectivity index (χ1v) is 9.69. The number of carboxylic acid groups (broad SMARTS) is 2. The van der Waals surface area contributed by atoms with Crippen molar-refractivity contribution in [2.45, 2.75) is 18.6 Å². The van der Waals surface area contributed by atoms with Crippen molar-refractivity contribution >= 4 is 52.2 Å². The Labute approximate surface area is 182 Å². The highest BCUT2D eigenvalue weighted by atomic mass is 32.2. The average molecular weight is 471 g/mol. The van der Waals surface area contributed by atoms with Gasteiger partial charge in [-0.3, -0.25) is 14.5 Å². The fraction of sp³-hybridized carbons (Fsp3) is 0.158. The second-order valence-electron chi connectivity index (χ2n) is 6.25. The van der Waals surface area contributed by atoms with Gasteiger partial charge in [0, 0.05) is 11.6 Å². The van der Waals surface area contributed by atoms with Crippen LogP contribution in [0.4, 0.5) is 13.2 Å². The van der Waals surface area contributed by atoms with E-state index in [-0.39, 0.29) is 26.3 Å². The van der Waals surface area contributed by atoms with Crippen LogP contribution in [0.3, 0.4) is 0 Å². The van der Waals surface area contributed by atoms with Gasteiger partial charge in [0.15, 0.2) is 0 Å². The van der Waals surface area contributed by atoms with Gasteiger partial charge in [0.2, 0.25) is 0 Å². The maximum absolute atomic E-state index is 13.2. The summed E-state index contributed by atoms with van der Waals surface area (Å²) in [6.07, 6.45) is -4.24. The summed E-state index contributed by atoms with van der Waals surface area (Å²) in [5, 5.41) is 18.2. The van der Waals surface area contributed by atoms with Crippen LogP contribution in [0.2, 0.25) is 0 Å². The molecule has 0 radical (unpaired) electrons. The third-order valence-electron chi connectivity index (χ3n) is 4.19. The van der Waals surface area contributed by atoms with E-state index in [9.17, 15) is 32.7 Å². The van der Waals surface area contributed by atoms with Crippen LogP contribution in [0.1, 0.15) is 17.7 Å². The Hall–Kier alpha value is -3.12. The SMILES string of the molecule is O=C(O)C[C@H](C(=O)O)N1C(=O)/C(=C\c2ccc(-c3ccccc3C(F)(F)F)o2)SC1=S. The quantitative estimate of drug-likeness (QED) is 0.479. The van der Waals surface area contributed by atoms with E-state index in [1.165, 1.54) is 36.4 Å². The molecule has 3 rings (SSSR count). The highest BCUT2D eigenvalue weighted by molar-refractivity contribution is 8.26. The van der Waals surface area contributed by atoms with Crippen molar-refractivity contribution in [3.63, 3.8) is 0 Å². The molecule has 1 amide bonds. The Morgan fingerprint density at radius 2 is 1.87 bits per heavy atom. The van der Waals surface area contributed by atoms with E-state index in [1.807, 2.05) is 0 Å². The van der Waals surface area contributed by atoms with Gasteiger partial charge in [-0.25, -0.2) is 4.79 Å². The van der Waals surface area contributed by atoms with Gasteiger partial charge in [0.25, 0.3) is 5.91 Å². The molecule has 1 aliphatic heterocycles. The molecule has 0 saturated carbocycles. The summed E-state index contributed by atoms with van der Waals surface area (Å²) in [6, 6.07) is 5.79. The second-order valence-corrected chi connectivity index (χ2v) is 7.92. The highest BCUT2D eigenvalue weighted by Crippen LogP contribution is 2.39. The van der Waals surface area contributed by atoms with Crippen LogP contribution < -0.4 is 0 Å². The van der Waals surface area contributed by atoms with Crippen molar-refractivity contribution < 1.29 is 42.2 Å². The minimum absolute atomic E-state index is 0.0394. The van der Waals surface area contributed by atoms with Gasteiger partial charge >= 0.3 is 18.1 Å². The first kappa shape index (κ1) is 22.6. The Bertz CT molecular complexity index is 1110. The number of carbonyl (C=O) groups is 3. The molecule has 7 nitrogen and oxygen atoms in total. The van der Waals surface area contributed by atoms with Gasteiger partial charge in [0.05, 0.1) is 16.9 Å². The molecule has 2 N–H and O–H groups in total. The van der Waals surface area contributed by atoms with E-state index in [0.717, 1.165) is 17.8 Å².